The van der Waals surface area contributed by atoms with Gasteiger partial charge in [-0.05, 0) is 0 Å². The number of amides is 1. The summed E-state index contributed by atoms with van der Waals surface area (Å²) in [4.78, 5) is 16.1. The first kappa shape index (κ1) is 20.0. The van der Waals surface area contributed by atoms with E-state index < -0.39 is 15.4 Å². The maximum atomic E-state index is 12.4. The zero-order valence-electron chi connectivity index (χ0n) is 15.3. The minimum Gasteiger partial charge on any atom is -0.338 e. The summed E-state index contributed by atoms with van der Waals surface area (Å²) in [5.74, 6) is 0.172. The third-order valence-electron chi connectivity index (χ3n) is 3.45. The van der Waals surface area contributed by atoms with Crippen molar-refractivity contribution in [3.8, 4) is 11.4 Å². The van der Waals surface area contributed by atoms with Gasteiger partial charge in [-0.2, -0.15) is 9.71 Å². The van der Waals surface area contributed by atoms with Gasteiger partial charge in [-0.25, -0.2) is 8.42 Å². The topological polar surface area (TPSA) is 140 Å². The molecule has 1 amide bonds. The number of nitrogens with zero attached hydrogens (tertiary/aromatic N) is 4. The van der Waals surface area contributed by atoms with Crippen molar-refractivity contribution in [1.82, 2.24) is 25.1 Å². The smallest absolute Gasteiger partial charge is 0.270 e. The van der Waals surface area contributed by atoms with Crippen LogP contribution in [-0.4, -0.2) is 34.7 Å². The van der Waals surface area contributed by atoms with E-state index in [1.54, 1.807) is 20.8 Å². The molecule has 12 heteroatoms. The lowest BCUT2D eigenvalue weighted by Crippen LogP contribution is -2.27. The van der Waals surface area contributed by atoms with Crippen LogP contribution in [0.4, 0.5) is 5.13 Å². The highest BCUT2D eigenvalue weighted by molar-refractivity contribution is 7.91. The minimum atomic E-state index is -3.95. The highest BCUT2D eigenvalue weighted by Gasteiger charge is 2.25. The lowest BCUT2D eigenvalue weighted by atomic mass is 9.96. The summed E-state index contributed by atoms with van der Waals surface area (Å²) in [6.07, 6.45) is 0. The molecule has 3 rings (SSSR count). The molecular formula is C16H18N6O4S2. The van der Waals surface area contributed by atoms with Crippen molar-refractivity contribution in [2.24, 2.45) is 5.41 Å². The second-order valence-corrected chi connectivity index (χ2v) is 9.70. The molecular weight excluding hydrogens is 404 g/mol. The molecule has 0 fully saturated rings. The first-order valence-corrected chi connectivity index (χ1v) is 10.5. The molecule has 28 heavy (non-hydrogen) atoms. The quantitative estimate of drug-likeness (QED) is 0.575. The summed E-state index contributed by atoms with van der Waals surface area (Å²) in [5, 5.41) is 13.8. The van der Waals surface area contributed by atoms with Gasteiger partial charge in [0, 0.05) is 11.0 Å². The van der Waals surface area contributed by atoms with Gasteiger partial charge in [0.25, 0.3) is 10.0 Å². The predicted octanol–water partition coefficient (Wildman–Crippen LogP) is 2.05. The van der Waals surface area contributed by atoms with E-state index in [1.165, 1.54) is 0 Å². The Morgan fingerprint density at radius 3 is 2.57 bits per heavy atom. The van der Waals surface area contributed by atoms with Crippen molar-refractivity contribution >= 4 is 32.4 Å². The van der Waals surface area contributed by atoms with Crippen LogP contribution < -0.4 is 10.0 Å². The standard InChI is InChI=1S/C16H18N6O4S2/c1-16(2,3)13(23)19-14-20-21-15(27-14)28(24,25)17-9-11-18-12(22-26-11)10-7-5-4-6-8-10/h4-8,17H,9H2,1-3H3,(H,19,20,23). The lowest BCUT2D eigenvalue weighted by Gasteiger charge is -2.15. The van der Waals surface area contributed by atoms with Gasteiger partial charge in [0.15, 0.2) is 0 Å². The number of rotatable bonds is 6. The van der Waals surface area contributed by atoms with Crippen LogP contribution in [0.15, 0.2) is 39.2 Å². The lowest BCUT2D eigenvalue weighted by molar-refractivity contribution is -0.123. The van der Waals surface area contributed by atoms with Gasteiger partial charge in [0.1, 0.15) is 0 Å². The number of hydrogen-bond acceptors (Lipinski definition) is 9. The van der Waals surface area contributed by atoms with E-state index >= 15 is 0 Å². The monoisotopic (exact) mass is 422 g/mol. The summed E-state index contributed by atoms with van der Waals surface area (Å²) in [6, 6.07) is 9.15. The Balaban J connectivity index is 1.65. The van der Waals surface area contributed by atoms with Gasteiger partial charge in [-0.1, -0.05) is 67.6 Å². The first-order valence-electron chi connectivity index (χ1n) is 8.18. The van der Waals surface area contributed by atoms with Gasteiger partial charge in [-0.15, -0.1) is 10.2 Å². The van der Waals surface area contributed by atoms with Crippen molar-refractivity contribution in [1.29, 1.82) is 0 Å². The zero-order chi connectivity index (χ0) is 20.4. The van der Waals surface area contributed by atoms with Crippen LogP contribution >= 0.6 is 11.3 Å². The Kier molecular flexibility index (Phi) is 5.54. The Hall–Kier alpha value is -2.70. The van der Waals surface area contributed by atoms with Gasteiger partial charge < -0.3 is 9.84 Å². The molecule has 0 saturated heterocycles. The molecule has 0 radical (unpaired) electrons. The van der Waals surface area contributed by atoms with Crippen LogP contribution in [0.5, 0.6) is 0 Å². The molecule has 0 aliphatic carbocycles. The number of benzene rings is 1. The fourth-order valence-electron chi connectivity index (χ4n) is 1.90. The van der Waals surface area contributed by atoms with E-state index in [0.717, 1.165) is 16.9 Å². The molecule has 2 heterocycles. The van der Waals surface area contributed by atoms with Crippen LogP contribution in [0.1, 0.15) is 26.7 Å². The Morgan fingerprint density at radius 2 is 1.89 bits per heavy atom. The molecule has 2 N–H and O–H groups in total. The molecule has 0 aliphatic heterocycles. The molecule has 10 nitrogen and oxygen atoms in total. The van der Waals surface area contributed by atoms with E-state index in [1.807, 2.05) is 30.3 Å². The number of sulfonamides is 1. The summed E-state index contributed by atoms with van der Waals surface area (Å²) >= 11 is 0.750. The van der Waals surface area contributed by atoms with E-state index in [-0.39, 0.29) is 27.8 Å². The van der Waals surface area contributed by atoms with Gasteiger partial charge >= 0.3 is 0 Å². The second kappa shape index (κ2) is 7.73. The number of carbonyl (C=O) groups is 1. The van der Waals surface area contributed by atoms with Gasteiger partial charge in [0.05, 0.1) is 6.54 Å². The molecule has 3 aromatic rings. The normalized spacial score (nSPS) is 12.1. The van der Waals surface area contributed by atoms with Crippen molar-refractivity contribution in [2.45, 2.75) is 31.7 Å². The average Bonchev–Trinajstić information content (AvgIpc) is 3.30. The maximum Gasteiger partial charge on any atom is 0.270 e. The molecule has 0 aliphatic rings. The van der Waals surface area contributed by atoms with E-state index in [4.69, 9.17) is 4.52 Å². The number of nitrogens with one attached hydrogen (secondary N) is 2. The van der Waals surface area contributed by atoms with E-state index in [2.05, 4.69) is 30.4 Å². The number of carbonyl (C=O) groups excluding carboxylic acids is 1. The van der Waals surface area contributed by atoms with Crippen molar-refractivity contribution < 1.29 is 17.7 Å². The third kappa shape index (κ3) is 4.77. The Morgan fingerprint density at radius 1 is 1.18 bits per heavy atom. The van der Waals surface area contributed by atoms with Crippen LogP contribution in [0.2, 0.25) is 0 Å². The fourth-order valence-corrected chi connectivity index (χ4v) is 3.81. The number of hydrogen-bond donors (Lipinski definition) is 2. The molecule has 0 spiro atoms. The summed E-state index contributed by atoms with van der Waals surface area (Å²) in [6.45, 7) is 5.00. The van der Waals surface area contributed by atoms with Crippen LogP contribution in [0, 0.1) is 5.41 Å². The Bertz CT molecular complexity index is 1070. The summed E-state index contributed by atoms with van der Waals surface area (Å²) in [5.41, 5.74) is 0.112. The SMILES string of the molecule is CC(C)(C)C(=O)Nc1nnc(S(=O)(=O)NCc2nc(-c3ccccc3)no2)s1. The summed E-state index contributed by atoms with van der Waals surface area (Å²) < 4.78 is 31.9. The predicted molar refractivity (Wildman–Crippen MR) is 102 cm³/mol. The highest BCUT2D eigenvalue weighted by Crippen LogP contribution is 2.23. The highest BCUT2D eigenvalue weighted by atomic mass is 32.2. The van der Waals surface area contributed by atoms with E-state index in [9.17, 15) is 13.2 Å². The largest absolute Gasteiger partial charge is 0.338 e. The molecule has 0 saturated carbocycles. The van der Waals surface area contributed by atoms with Crippen LogP contribution in [0.3, 0.4) is 0 Å². The van der Waals surface area contributed by atoms with E-state index in [0.29, 0.717) is 5.82 Å². The third-order valence-corrected chi connectivity index (χ3v) is 6.06. The average molecular weight is 422 g/mol. The molecule has 0 atom stereocenters. The number of aromatic nitrogens is 4. The van der Waals surface area contributed by atoms with Crippen LogP contribution in [-0.2, 0) is 21.4 Å². The van der Waals surface area contributed by atoms with Crippen molar-refractivity contribution in [3.05, 3.63) is 36.2 Å². The molecule has 0 bridgehead atoms. The van der Waals surface area contributed by atoms with Gasteiger partial charge in [-0.3, -0.25) is 4.79 Å². The first-order chi connectivity index (χ1) is 13.1. The molecule has 2 aromatic heterocycles. The zero-order valence-corrected chi connectivity index (χ0v) is 17.0. The van der Waals surface area contributed by atoms with Crippen molar-refractivity contribution in [3.63, 3.8) is 0 Å². The second-order valence-electron chi connectivity index (χ2n) is 6.78. The summed E-state index contributed by atoms with van der Waals surface area (Å²) in [7, 11) is -3.95. The maximum absolute atomic E-state index is 12.4. The van der Waals surface area contributed by atoms with Gasteiger partial charge in [0.2, 0.25) is 27.1 Å². The molecule has 1 aromatic carbocycles. The van der Waals surface area contributed by atoms with Crippen molar-refractivity contribution in [2.75, 3.05) is 5.32 Å². The Labute approximate surface area is 165 Å². The fraction of sp³-hybridized carbons (Fsp3) is 0.312. The van der Waals surface area contributed by atoms with Crippen LogP contribution in [0.25, 0.3) is 11.4 Å². The molecule has 148 valence electrons. The minimum absolute atomic E-state index is 0.101. The molecule has 0 unspecified atom stereocenters. The number of anilines is 1.